The van der Waals surface area contributed by atoms with E-state index in [1.165, 1.54) is 12.8 Å². The van der Waals surface area contributed by atoms with Crippen LogP contribution >= 0.6 is 0 Å². The summed E-state index contributed by atoms with van der Waals surface area (Å²) in [5.41, 5.74) is 5.53. The van der Waals surface area contributed by atoms with E-state index in [4.69, 9.17) is 15.2 Å². The average Bonchev–Trinajstić information content (AvgIpc) is 2.75. The second-order valence-electron chi connectivity index (χ2n) is 3.66. The summed E-state index contributed by atoms with van der Waals surface area (Å²) in [5, 5.41) is 0. The summed E-state index contributed by atoms with van der Waals surface area (Å²) in [6, 6.07) is 0. The molecule has 0 bridgehead atoms. The van der Waals surface area contributed by atoms with E-state index < -0.39 is 0 Å². The quantitative estimate of drug-likeness (QED) is 0.664. The van der Waals surface area contributed by atoms with Crippen molar-refractivity contribution in [2.45, 2.75) is 44.0 Å². The molecule has 0 aliphatic carbocycles. The normalized spacial score (nSPS) is 42.2. The molecule has 0 spiro atoms. The number of nitrogens with two attached hydrogens (primary N) is 1. The molecular weight excluding hydrogens is 154 g/mol. The van der Waals surface area contributed by atoms with Gasteiger partial charge in [-0.2, -0.15) is 0 Å². The van der Waals surface area contributed by atoms with E-state index >= 15 is 0 Å². The molecule has 2 fully saturated rings. The predicted octanol–water partition coefficient (Wildman–Crippen LogP) is 0.672. The molecule has 0 saturated carbocycles. The largest absolute Gasteiger partial charge is 0.376 e. The number of hydrogen-bond donors (Lipinski definition) is 1. The monoisotopic (exact) mass is 171 g/mol. The Labute approximate surface area is 73.2 Å². The third-order valence-electron chi connectivity index (χ3n) is 2.78. The molecule has 0 aromatic heterocycles. The van der Waals surface area contributed by atoms with Crippen LogP contribution in [0.25, 0.3) is 0 Å². The fourth-order valence-corrected chi connectivity index (χ4v) is 2.08. The van der Waals surface area contributed by atoms with Crippen molar-refractivity contribution in [3.05, 3.63) is 0 Å². The summed E-state index contributed by atoms with van der Waals surface area (Å²) in [7, 11) is 0. The van der Waals surface area contributed by atoms with Gasteiger partial charge in [-0.25, -0.2) is 0 Å². The van der Waals surface area contributed by atoms with Crippen molar-refractivity contribution in [2.75, 3.05) is 13.2 Å². The number of ether oxygens (including phenoxy) is 2. The highest BCUT2D eigenvalue weighted by molar-refractivity contribution is 4.82. The van der Waals surface area contributed by atoms with Crippen LogP contribution in [0.15, 0.2) is 0 Å². The predicted molar refractivity (Wildman–Crippen MR) is 45.9 cm³/mol. The Kier molecular flexibility index (Phi) is 2.63. The first-order chi connectivity index (χ1) is 5.90. The molecule has 0 aromatic carbocycles. The van der Waals surface area contributed by atoms with Gasteiger partial charge in [-0.05, 0) is 25.7 Å². The first kappa shape index (κ1) is 8.48. The van der Waals surface area contributed by atoms with Gasteiger partial charge in [0.1, 0.15) is 0 Å². The van der Waals surface area contributed by atoms with Gasteiger partial charge in [0.15, 0.2) is 0 Å². The van der Waals surface area contributed by atoms with Crippen LogP contribution in [-0.4, -0.2) is 31.5 Å². The first-order valence-corrected chi connectivity index (χ1v) is 4.87. The maximum atomic E-state index is 5.74. The highest BCUT2D eigenvalue weighted by Crippen LogP contribution is 2.28. The number of hydrogen-bond acceptors (Lipinski definition) is 3. The average molecular weight is 171 g/mol. The van der Waals surface area contributed by atoms with Gasteiger partial charge >= 0.3 is 0 Å². The van der Waals surface area contributed by atoms with Gasteiger partial charge in [0, 0.05) is 13.2 Å². The maximum absolute atomic E-state index is 5.74. The van der Waals surface area contributed by atoms with Crippen molar-refractivity contribution in [2.24, 2.45) is 5.73 Å². The minimum Gasteiger partial charge on any atom is -0.376 e. The molecule has 0 amide bonds. The zero-order valence-corrected chi connectivity index (χ0v) is 7.37. The molecule has 2 saturated heterocycles. The summed E-state index contributed by atoms with van der Waals surface area (Å²) in [6.45, 7) is 1.57. The molecule has 0 aromatic rings. The van der Waals surface area contributed by atoms with Crippen LogP contribution in [0.2, 0.25) is 0 Å². The third-order valence-corrected chi connectivity index (χ3v) is 2.78. The highest BCUT2D eigenvalue weighted by Gasteiger charge is 2.33. The van der Waals surface area contributed by atoms with E-state index in [0.29, 0.717) is 24.9 Å². The van der Waals surface area contributed by atoms with Gasteiger partial charge in [-0.1, -0.05) is 0 Å². The van der Waals surface area contributed by atoms with Crippen LogP contribution in [0.3, 0.4) is 0 Å². The van der Waals surface area contributed by atoms with Crippen molar-refractivity contribution in [3.63, 3.8) is 0 Å². The van der Waals surface area contributed by atoms with E-state index in [9.17, 15) is 0 Å². The molecule has 0 radical (unpaired) electrons. The second kappa shape index (κ2) is 3.73. The molecule has 2 N–H and O–H groups in total. The van der Waals surface area contributed by atoms with Crippen LogP contribution in [0, 0.1) is 0 Å². The van der Waals surface area contributed by atoms with Crippen molar-refractivity contribution >= 4 is 0 Å². The first-order valence-electron chi connectivity index (χ1n) is 4.87. The Hall–Kier alpha value is -0.120. The molecule has 3 nitrogen and oxygen atoms in total. The minimum absolute atomic E-state index is 0.291. The maximum Gasteiger partial charge on any atom is 0.0842 e. The lowest BCUT2D eigenvalue weighted by atomic mass is 10.1. The smallest absolute Gasteiger partial charge is 0.0842 e. The summed E-state index contributed by atoms with van der Waals surface area (Å²) >= 11 is 0. The van der Waals surface area contributed by atoms with E-state index in [1.54, 1.807) is 0 Å². The van der Waals surface area contributed by atoms with Gasteiger partial charge in [0.2, 0.25) is 0 Å². The summed E-state index contributed by atoms with van der Waals surface area (Å²) in [4.78, 5) is 0. The lowest BCUT2D eigenvalue weighted by Crippen LogP contribution is -2.28. The van der Waals surface area contributed by atoms with Crippen LogP contribution in [0.1, 0.15) is 25.7 Å². The van der Waals surface area contributed by atoms with Gasteiger partial charge in [-0.15, -0.1) is 0 Å². The number of rotatable bonds is 2. The standard InChI is InChI=1S/C9H17NO2/c10-6-7-3-4-9(12-7)8-2-1-5-11-8/h7-9H,1-6,10H2/t7-,8-,9+/m1/s1. The zero-order valence-electron chi connectivity index (χ0n) is 7.37. The van der Waals surface area contributed by atoms with Crippen LogP contribution < -0.4 is 5.73 Å². The van der Waals surface area contributed by atoms with E-state index in [2.05, 4.69) is 0 Å². The fraction of sp³-hybridized carbons (Fsp3) is 1.00. The third kappa shape index (κ3) is 1.63. The van der Waals surface area contributed by atoms with E-state index in [1.807, 2.05) is 0 Å². The van der Waals surface area contributed by atoms with Crippen LogP contribution in [-0.2, 0) is 9.47 Å². The topological polar surface area (TPSA) is 44.5 Å². The van der Waals surface area contributed by atoms with Crippen molar-refractivity contribution < 1.29 is 9.47 Å². The second-order valence-corrected chi connectivity index (χ2v) is 3.66. The lowest BCUT2D eigenvalue weighted by Gasteiger charge is -2.18. The molecule has 12 heavy (non-hydrogen) atoms. The van der Waals surface area contributed by atoms with Gasteiger partial charge in [0.05, 0.1) is 18.3 Å². The van der Waals surface area contributed by atoms with Crippen LogP contribution in [0.5, 0.6) is 0 Å². The molecule has 70 valence electrons. The Bertz CT molecular complexity index is 145. The highest BCUT2D eigenvalue weighted by atomic mass is 16.6. The zero-order chi connectivity index (χ0) is 8.39. The van der Waals surface area contributed by atoms with Gasteiger partial charge in [0.25, 0.3) is 0 Å². The molecular formula is C9H17NO2. The fourth-order valence-electron chi connectivity index (χ4n) is 2.08. The Balaban J connectivity index is 1.81. The molecule has 3 atom stereocenters. The van der Waals surface area contributed by atoms with Crippen molar-refractivity contribution in [3.8, 4) is 0 Å². The Morgan fingerprint density at radius 2 is 2.08 bits per heavy atom. The summed E-state index contributed by atoms with van der Waals surface area (Å²) < 4.78 is 11.3. The summed E-state index contributed by atoms with van der Waals surface area (Å²) in [5.74, 6) is 0. The Morgan fingerprint density at radius 1 is 1.17 bits per heavy atom. The lowest BCUT2D eigenvalue weighted by molar-refractivity contribution is -0.0420. The molecule has 2 heterocycles. The molecule has 2 aliphatic heterocycles. The Morgan fingerprint density at radius 3 is 2.67 bits per heavy atom. The van der Waals surface area contributed by atoms with Crippen molar-refractivity contribution in [1.82, 2.24) is 0 Å². The molecule has 2 aliphatic rings. The van der Waals surface area contributed by atoms with Gasteiger partial charge < -0.3 is 15.2 Å². The van der Waals surface area contributed by atoms with Gasteiger partial charge in [-0.3, -0.25) is 0 Å². The van der Waals surface area contributed by atoms with Crippen LogP contribution in [0.4, 0.5) is 0 Å². The SMILES string of the molecule is NC[C@H]1CC[C@@H]([C@H]2CCCO2)O1. The van der Waals surface area contributed by atoms with E-state index in [0.717, 1.165) is 19.4 Å². The minimum atomic E-state index is 0.291. The summed E-state index contributed by atoms with van der Waals surface area (Å²) in [6.07, 6.45) is 5.59. The molecule has 3 heteroatoms. The molecule has 0 unspecified atom stereocenters. The van der Waals surface area contributed by atoms with Crippen molar-refractivity contribution in [1.29, 1.82) is 0 Å². The van der Waals surface area contributed by atoms with E-state index in [-0.39, 0.29) is 0 Å². The molecule has 2 rings (SSSR count).